The lowest BCUT2D eigenvalue weighted by Crippen LogP contribution is -2.00. The Kier molecular flexibility index (Phi) is 5.03. The van der Waals surface area contributed by atoms with Gasteiger partial charge in [-0.25, -0.2) is 4.98 Å². The average molecular weight is 361 g/mol. The summed E-state index contributed by atoms with van der Waals surface area (Å²) in [6.45, 7) is 0. The Labute approximate surface area is 149 Å². The van der Waals surface area contributed by atoms with E-state index in [0.29, 0.717) is 27.6 Å². The minimum atomic E-state index is 0.474. The summed E-state index contributed by atoms with van der Waals surface area (Å²) in [4.78, 5) is 8.62. The second-order valence-electron chi connectivity index (χ2n) is 4.87. The van der Waals surface area contributed by atoms with E-state index in [1.165, 1.54) is 0 Å². The molecule has 0 aliphatic carbocycles. The zero-order chi connectivity index (χ0) is 16.9. The van der Waals surface area contributed by atoms with E-state index in [-0.39, 0.29) is 0 Å². The molecule has 0 unspecified atom stereocenters. The molecule has 0 saturated carbocycles. The van der Waals surface area contributed by atoms with Gasteiger partial charge in [0.15, 0.2) is 0 Å². The van der Waals surface area contributed by atoms with Gasteiger partial charge in [0.25, 0.3) is 0 Å². The quantitative estimate of drug-likeness (QED) is 0.648. The highest BCUT2D eigenvalue weighted by Gasteiger charge is 2.04. The highest BCUT2D eigenvalue weighted by atomic mass is 35.5. The van der Waals surface area contributed by atoms with Gasteiger partial charge in [-0.1, -0.05) is 23.2 Å². The van der Waals surface area contributed by atoms with Crippen molar-refractivity contribution in [2.45, 2.75) is 0 Å². The molecule has 3 rings (SSSR count). The molecule has 0 atom stereocenters. The monoisotopic (exact) mass is 360 g/mol. The molecular weight excluding hydrogens is 347 g/mol. The normalized spacial score (nSPS) is 10.3. The van der Waals surface area contributed by atoms with Gasteiger partial charge in [0, 0.05) is 22.6 Å². The third-order valence-corrected chi connectivity index (χ3v) is 3.73. The van der Waals surface area contributed by atoms with Crippen molar-refractivity contribution in [1.82, 2.24) is 9.97 Å². The van der Waals surface area contributed by atoms with Crippen LogP contribution in [0.15, 0.2) is 54.7 Å². The van der Waals surface area contributed by atoms with Crippen LogP contribution in [0.5, 0.6) is 5.75 Å². The standard InChI is InChI=1S/C17H14Cl2N4O/c1-24-15-7-6-13(10-14(15)19)21-16-8-9-20-17(23-16)22-12-4-2-11(18)3-5-12/h2-10H,1H3,(H2,20,21,22,23). The second kappa shape index (κ2) is 7.38. The minimum absolute atomic E-state index is 0.474. The number of halogens is 2. The van der Waals surface area contributed by atoms with Gasteiger partial charge in [-0.05, 0) is 48.5 Å². The number of hydrogen-bond acceptors (Lipinski definition) is 5. The van der Waals surface area contributed by atoms with E-state index in [4.69, 9.17) is 27.9 Å². The van der Waals surface area contributed by atoms with Crippen LogP contribution in [-0.4, -0.2) is 17.1 Å². The third kappa shape index (κ3) is 4.07. The van der Waals surface area contributed by atoms with Crippen molar-refractivity contribution in [2.24, 2.45) is 0 Å². The van der Waals surface area contributed by atoms with Gasteiger partial charge >= 0.3 is 0 Å². The van der Waals surface area contributed by atoms with Crippen molar-refractivity contribution >= 4 is 46.3 Å². The Bertz CT molecular complexity index is 840. The van der Waals surface area contributed by atoms with Crippen LogP contribution in [0.1, 0.15) is 0 Å². The molecule has 0 aliphatic heterocycles. The number of rotatable bonds is 5. The van der Waals surface area contributed by atoms with Crippen LogP contribution in [0.4, 0.5) is 23.1 Å². The Hall–Kier alpha value is -2.50. The lowest BCUT2D eigenvalue weighted by molar-refractivity contribution is 0.415. The summed E-state index contributed by atoms with van der Waals surface area (Å²) < 4.78 is 5.14. The molecule has 0 fully saturated rings. The van der Waals surface area contributed by atoms with E-state index in [9.17, 15) is 0 Å². The number of ether oxygens (including phenoxy) is 1. The molecule has 2 aromatic carbocycles. The topological polar surface area (TPSA) is 59.1 Å². The molecule has 0 aliphatic rings. The largest absolute Gasteiger partial charge is 0.495 e. The van der Waals surface area contributed by atoms with Crippen molar-refractivity contribution in [3.05, 3.63) is 64.8 Å². The fraction of sp³-hybridized carbons (Fsp3) is 0.0588. The highest BCUT2D eigenvalue weighted by molar-refractivity contribution is 6.32. The Morgan fingerprint density at radius 2 is 1.67 bits per heavy atom. The molecule has 0 bridgehead atoms. The molecular formula is C17H14Cl2N4O. The maximum atomic E-state index is 6.13. The Balaban J connectivity index is 1.75. The van der Waals surface area contributed by atoms with Crippen LogP contribution in [0.25, 0.3) is 0 Å². The Morgan fingerprint density at radius 1 is 0.917 bits per heavy atom. The van der Waals surface area contributed by atoms with Crippen LogP contribution in [0.2, 0.25) is 10.0 Å². The molecule has 1 aromatic heterocycles. The van der Waals surface area contributed by atoms with E-state index >= 15 is 0 Å². The molecule has 5 nitrogen and oxygen atoms in total. The van der Waals surface area contributed by atoms with Crippen molar-refractivity contribution in [3.63, 3.8) is 0 Å². The van der Waals surface area contributed by atoms with E-state index < -0.39 is 0 Å². The summed E-state index contributed by atoms with van der Waals surface area (Å²) in [6.07, 6.45) is 1.67. The zero-order valence-corrected chi connectivity index (χ0v) is 14.3. The number of nitrogens with zero attached hydrogens (tertiary/aromatic N) is 2. The van der Waals surface area contributed by atoms with Crippen LogP contribution in [0.3, 0.4) is 0 Å². The van der Waals surface area contributed by atoms with Gasteiger partial charge in [-0.2, -0.15) is 4.98 Å². The van der Waals surface area contributed by atoms with Crippen LogP contribution < -0.4 is 15.4 Å². The molecule has 1 heterocycles. The smallest absolute Gasteiger partial charge is 0.229 e. The summed E-state index contributed by atoms with van der Waals surface area (Å²) in [7, 11) is 1.58. The predicted molar refractivity (Wildman–Crippen MR) is 98.1 cm³/mol. The van der Waals surface area contributed by atoms with Crippen molar-refractivity contribution in [1.29, 1.82) is 0 Å². The first-order valence-corrected chi connectivity index (χ1v) is 7.86. The summed E-state index contributed by atoms with van der Waals surface area (Å²) >= 11 is 12.0. The zero-order valence-electron chi connectivity index (χ0n) is 12.8. The lowest BCUT2D eigenvalue weighted by atomic mass is 10.3. The fourth-order valence-corrected chi connectivity index (χ4v) is 2.43. The molecule has 7 heteroatoms. The van der Waals surface area contributed by atoms with Gasteiger partial charge in [-0.15, -0.1) is 0 Å². The molecule has 122 valence electrons. The van der Waals surface area contributed by atoms with Gasteiger partial charge in [0.2, 0.25) is 5.95 Å². The maximum absolute atomic E-state index is 6.13. The predicted octanol–water partition coefficient (Wildman–Crippen LogP) is 5.28. The maximum Gasteiger partial charge on any atom is 0.229 e. The third-order valence-electron chi connectivity index (χ3n) is 3.18. The van der Waals surface area contributed by atoms with Crippen molar-refractivity contribution < 1.29 is 4.74 Å². The number of benzene rings is 2. The summed E-state index contributed by atoms with van der Waals surface area (Å²) in [5.74, 6) is 1.74. The molecule has 0 spiro atoms. The number of aromatic nitrogens is 2. The first kappa shape index (κ1) is 16.4. The van der Waals surface area contributed by atoms with Crippen LogP contribution in [0, 0.1) is 0 Å². The van der Waals surface area contributed by atoms with E-state index in [1.54, 1.807) is 43.6 Å². The first-order chi connectivity index (χ1) is 11.6. The average Bonchev–Trinajstić information content (AvgIpc) is 2.58. The van der Waals surface area contributed by atoms with Gasteiger partial charge < -0.3 is 15.4 Å². The SMILES string of the molecule is COc1ccc(Nc2ccnc(Nc3ccc(Cl)cc3)n2)cc1Cl. The number of nitrogens with one attached hydrogen (secondary N) is 2. The second-order valence-corrected chi connectivity index (χ2v) is 5.72. The van der Waals surface area contributed by atoms with Crippen molar-refractivity contribution in [2.75, 3.05) is 17.7 Å². The number of hydrogen-bond donors (Lipinski definition) is 2. The van der Waals surface area contributed by atoms with Gasteiger partial charge in [0.1, 0.15) is 11.6 Å². The van der Waals surface area contributed by atoms with E-state index in [0.717, 1.165) is 11.4 Å². The highest BCUT2D eigenvalue weighted by Crippen LogP contribution is 2.28. The molecule has 0 radical (unpaired) electrons. The molecule has 0 saturated heterocycles. The van der Waals surface area contributed by atoms with Gasteiger partial charge in [-0.3, -0.25) is 0 Å². The van der Waals surface area contributed by atoms with Gasteiger partial charge in [0.05, 0.1) is 12.1 Å². The Morgan fingerprint density at radius 3 is 2.38 bits per heavy atom. The molecule has 2 N–H and O–H groups in total. The summed E-state index contributed by atoms with van der Waals surface area (Å²) in [5, 5.41) is 7.50. The molecule has 3 aromatic rings. The van der Waals surface area contributed by atoms with Crippen molar-refractivity contribution in [3.8, 4) is 5.75 Å². The van der Waals surface area contributed by atoms with Crippen LogP contribution >= 0.6 is 23.2 Å². The lowest BCUT2D eigenvalue weighted by Gasteiger charge is -2.10. The first-order valence-electron chi connectivity index (χ1n) is 7.10. The molecule has 24 heavy (non-hydrogen) atoms. The van der Waals surface area contributed by atoms with E-state index in [2.05, 4.69) is 20.6 Å². The summed E-state index contributed by atoms with van der Waals surface area (Å²) in [6, 6.07) is 14.5. The fourth-order valence-electron chi connectivity index (χ4n) is 2.04. The number of anilines is 4. The summed E-state index contributed by atoms with van der Waals surface area (Å²) in [5.41, 5.74) is 1.65. The van der Waals surface area contributed by atoms with E-state index in [1.807, 2.05) is 18.2 Å². The minimum Gasteiger partial charge on any atom is -0.495 e. The molecule has 0 amide bonds. The van der Waals surface area contributed by atoms with Crippen LogP contribution in [-0.2, 0) is 0 Å². The number of methoxy groups -OCH3 is 1.